The molecule has 0 atom stereocenters. The highest BCUT2D eigenvalue weighted by Crippen LogP contribution is 2.30. The monoisotopic (exact) mass is 335 g/mol. The van der Waals surface area contributed by atoms with E-state index in [1.54, 1.807) is 6.07 Å². The Morgan fingerprint density at radius 2 is 2.11 bits per heavy atom. The molecule has 2 N–H and O–H groups in total. The fourth-order valence-corrected chi connectivity index (χ4v) is 2.06. The number of phenols is 1. The van der Waals surface area contributed by atoms with Gasteiger partial charge in [-0.05, 0) is 32.9 Å². The van der Waals surface area contributed by atoms with Gasteiger partial charge in [0.05, 0.1) is 5.02 Å². The Labute approximate surface area is 119 Å². The molecule has 0 radical (unpaired) electrons. The number of nitrogens with one attached hydrogen (secondary N) is 1. The molecular weight excluding hydrogens is 321 g/mol. The lowest BCUT2D eigenvalue weighted by molar-refractivity contribution is 0.130. The van der Waals surface area contributed by atoms with Gasteiger partial charge in [-0.2, -0.15) is 0 Å². The van der Waals surface area contributed by atoms with Crippen LogP contribution in [0.1, 0.15) is 26.3 Å². The quantitative estimate of drug-likeness (QED) is 0.863. The SMILES string of the molecule is CC(C)(C)NC(=O)OCc1c(O)cc(Br)cc1Cl. The number of ether oxygens (including phenoxy) is 1. The van der Waals surface area contributed by atoms with Crippen LogP contribution >= 0.6 is 27.5 Å². The van der Waals surface area contributed by atoms with Gasteiger partial charge in [0.2, 0.25) is 0 Å². The third kappa shape index (κ3) is 4.74. The fraction of sp³-hybridized carbons (Fsp3) is 0.417. The standard InChI is InChI=1S/C12H15BrClNO3/c1-12(2,3)15-11(17)18-6-8-9(14)4-7(13)5-10(8)16/h4-5,16H,6H2,1-3H3,(H,15,17). The van der Waals surface area contributed by atoms with Crippen molar-refractivity contribution in [3.05, 3.63) is 27.2 Å². The molecule has 18 heavy (non-hydrogen) atoms. The number of halogens is 2. The number of phenolic OH excluding ortho intramolecular Hbond substituents is 1. The highest BCUT2D eigenvalue weighted by Gasteiger charge is 2.16. The van der Waals surface area contributed by atoms with Crippen molar-refractivity contribution >= 4 is 33.6 Å². The molecule has 0 fully saturated rings. The summed E-state index contributed by atoms with van der Waals surface area (Å²) in [5, 5.41) is 12.7. The third-order valence-electron chi connectivity index (χ3n) is 1.96. The lowest BCUT2D eigenvalue weighted by atomic mass is 10.1. The summed E-state index contributed by atoms with van der Waals surface area (Å²) in [6.07, 6.45) is -0.555. The molecule has 4 nitrogen and oxygen atoms in total. The Morgan fingerprint density at radius 3 is 2.61 bits per heavy atom. The molecule has 0 heterocycles. The van der Waals surface area contributed by atoms with Crippen molar-refractivity contribution in [1.82, 2.24) is 5.32 Å². The second kappa shape index (κ2) is 5.80. The Morgan fingerprint density at radius 1 is 1.50 bits per heavy atom. The molecule has 1 rings (SSSR count). The van der Waals surface area contributed by atoms with Crippen LogP contribution in [0, 0.1) is 0 Å². The number of benzene rings is 1. The third-order valence-corrected chi connectivity index (χ3v) is 2.76. The van der Waals surface area contributed by atoms with E-state index < -0.39 is 6.09 Å². The number of carbonyl (C=O) groups excluding carboxylic acids is 1. The van der Waals surface area contributed by atoms with Gasteiger partial charge in [0, 0.05) is 15.6 Å². The molecule has 0 aromatic heterocycles. The predicted molar refractivity (Wildman–Crippen MR) is 73.9 cm³/mol. The zero-order valence-corrected chi connectivity index (χ0v) is 12.7. The molecule has 0 aliphatic carbocycles. The van der Waals surface area contributed by atoms with Crippen LogP contribution < -0.4 is 5.32 Å². The molecule has 100 valence electrons. The highest BCUT2D eigenvalue weighted by molar-refractivity contribution is 9.10. The van der Waals surface area contributed by atoms with Crippen LogP contribution in [-0.2, 0) is 11.3 Å². The molecular formula is C12H15BrClNO3. The minimum atomic E-state index is -0.555. The Kier molecular flexibility index (Phi) is 4.87. The summed E-state index contributed by atoms with van der Waals surface area (Å²) in [6, 6.07) is 3.12. The number of carbonyl (C=O) groups is 1. The summed E-state index contributed by atoms with van der Waals surface area (Å²) in [5.41, 5.74) is 0.00625. The Bertz CT molecular complexity index is 434. The van der Waals surface area contributed by atoms with Crippen LogP contribution in [0.4, 0.5) is 4.79 Å². The largest absolute Gasteiger partial charge is 0.507 e. The smallest absolute Gasteiger partial charge is 0.407 e. The van der Waals surface area contributed by atoms with Crippen molar-refractivity contribution < 1.29 is 14.6 Å². The van der Waals surface area contributed by atoms with Crippen LogP contribution in [-0.4, -0.2) is 16.7 Å². The van der Waals surface area contributed by atoms with E-state index in [-0.39, 0.29) is 17.9 Å². The number of hydrogen-bond acceptors (Lipinski definition) is 3. The van der Waals surface area contributed by atoms with Crippen LogP contribution in [0.25, 0.3) is 0 Å². The Hall–Kier alpha value is -0.940. The second-order valence-electron chi connectivity index (χ2n) is 4.84. The van der Waals surface area contributed by atoms with Crippen molar-refractivity contribution in [2.24, 2.45) is 0 Å². The van der Waals surface area contributed by atoms with Gasteiger partial charge < -0.3 is 15.2 Å². The van der Waals surface area contributed by atoms with E-state index in [1.807, 2.05) is 20.8 Å². The first-order chi connectivity index (χ1) is 8.19. The maximum absolute atomic E-state index is 11.5. The number of amides is 1. The maximum Gasteiger partial charge on any atom is 0.407 e. The molecule has 0 saturated carbocycles. The second-order valence-corrected chi connectivity index (χ2v) is 6.16. The van der Waals surface area contributed by atoms with Gasteiger partial charge in [-0.25, -0.2) is 4.79 Å². The van der Waals surface area contributed by atoms with Gasteiger partial charge in [0.25, 0.3) is 0 Å². The van der Waals surface area contributed by atoms with Crippen molar-refractivity contribution in [2.45, 2.75) is 32.9 Å². The molecule has 0 aliphatic rings. The summed E-state index contributed by atoms with van der Waals surface area (Å²) in [4.78, 5) is 11.5. The van der Waals surface area contributed by atoms with Crippen molar-refractivity contribution in [3.63, 3.8) is 0 Å². The lowest BCUT2D eigenvalue weighted by Gasteiger charge is -2.20. The summed E-state index contributed by atoms with van der Waals surface area (Å²) in [6.45, 7) is 5.45. The van der Waals surface area contributed by atoms with Gasteiger partial charge in [-0.15, -0.1) is 0 Å². The first-order valence-electron chi connectivity index (χ1n) is 5.31. The van der Waals surface area contributed by atoms with Crippen molar-refractivity contribution in [1.29, 1.82) is 0 Å². The fourth-order valence-electron chi connectivity index (χ4n) is 1.21. The topological polar surface area (TPSA) is 58.6 Å². The minimum Gasteiger partial charge on any atom is -0.507 e. The van der Waals surface area contributed by atoms with E-state index in [4.69, 9.17) is 16.3 Å². The molecule has 1 aromatic rings. The van der Waals surface area contributed by atoms with Crippen LogP contribution in [0.5, 0.6) is 5.75 Å². The molecule has 6 heteroatoms. The number of alkyl carbamates (subject to hydrolysis) is 1. The molecule has 0 unspecified atom stereocenters. The molecule has 0 aliphatic heterocycles. The van der Waals surface area contributed by atoms with E-state index in [0.717, 1.165) is 0 Å². The first-order valence-corrected chi connectivity index (χ1v) is 6.48. The Balaban J connectivity index is 2.67. The number of rotatable bonds is 2. The van der Waals surface area contributed by atoms with E-state index >= 15 is 0 Å². The van der Waals surface area contributed by atoms with Crippen molar-refractivity contribution in [2.75, 3.05) is 0 Å². The predicted octanol–water partition coefficient (Wildman–Crippen LogP) is 3.83. The zero-order valence-electron chi connectivity index (χ0n) is 10.4. The van der Waals surface area contributed by atoms with Gasteiger partial charge >= 0.3 is 6.09 Å². The number of hydrogen-bond donors (Lipinski definition) is 2. The minimum absolute atomic E-state index is 0.0158. The zero-order chi connectivity index (χ0) is 13.9. The summed E-state index contributed by atoms with van der Waals surface area (Å²) >= 11 is 9.15. The van der Waals surface area contributed by atoms with E-state index in [0.29, 0.717) is 15.1 Å². The van der Waals surface area contributed by atoms with E-state index in [2.05, 4.69) is 21.2 Å². The normalized spacial score (nSPS) is 11.2. The molecule has 1 amide bonds. The average Bonchev–Trinajstić information content (AvgIpc) is 2.12. The molecule has 0 saturated heterocycles. The molecule has 0 spiro atoms. The van der Waals surface area contributed by atoms with Crippen LogP contribution in [0.3, 0.4) is 0 Å². The highest BCUT2D eigenvalue weighted by atomic mass is 79.9. The molecule has 1 aromatic carbocycles. The summed E-state index contributed by atoms with van der Waals surface area (Å²) in [7, 11) is 0. The van der Waals surface area contributed by atoms with Gasteiger partial charge in [-0.3, -0.25) is 0 Å². The maximum atomic E-state index is 11.5. The van der Waals surface area contributed by atoms with Gasteiger partial charge in [-0.1, -0.05) is 27.5 Å². The summed E-state index contributed by atoms with van der Waals surface area (Å²) < 4.78 is 5.66. The average molecular weight is 337 g/mol. The van der Waals surface area contributed by atoms with Crippen molar-refractivity contribution in [3.8, 4) is 5.75 Å². The van der Waals surface area contributed by atoms with Crippen LogP contribution in [0.2, 0.25) is 5.02 Å². The van der Waals surface area contributed by atoms with E-state index in [1.165, 1.54) is 6.07 Å². The van der Waals surface area contributed by atoms with Crippen LogP contribution in [0.15, 0.2) is 16.6 Å². The van der Waals surface area contributed by atoms with E-state index in [9.17, 15) is 9.90 Å². The molecule has 0 bridgehead atoms. The number of aromatic hydroxyl groups is 1. The van der Waals surface area contributed by atoms with Gasteiger partial charge in [0.15, 0.2) is 0 Å². The first kappa shape index (κ1) is 15.1. The summed E-state index contributed by atoms with van der Waals surface area (Å²) in [5.74, 6) is -0.0158. The lowest BCUT2D eigenvalue weighted by Crippen LogP contribution is -2.40. The van der Waals surface area contributed by atoms with Gasteiger partial charge in [0.1, 0.15) is 12.4 Å².